The molecule has 0 radical (unpaired) electrons. The molecule has 0 spiro atoms. The standard InChI is InChI=1S/C28H24FN5O3/c1-15-10-16(2)26-21(14-31-22(26)11-15)17(3)33-23-9-8-20(13-30)32-27(23)34(28(33)37)24(12-25(35)36)18-4-6-19(29)7-5-18/h4-11,14,17,24,31H,12H2,1-3H3,(H,35,36)/t17?,24-/m1/s1. The Balaban J connectivity index is 1.79. The van der Waals surface area contributed by atoms with Crippen molar-refractivity contribution in [2.45, 2.75) is 39.3 Å². The normalized spacial score (nSPS) is 13.1. The van der Waals surface area contributed by atoms with Crippen molar-refractivity contribution < 1.29 is 14.3 Å². The maximum absolute atomic E-state index is 14.1. The summed E-state index contributed by atoms with van der Waals surface area (Å²) in [5, 5.41) is 20.2. The highest BCUT2D eigenvalue weighted by atomic mass is 19.1. The smallest absolute Gasteiger partial charge is 0.331 e. The van der Waals surface area contributed by atoms with Crippen molar-refractivity contribution in [3.8, 4) is 6.07 Å². The van der Waals surface area contributed by atoms with Gasteiger partial charge in [-0.25, -0.2) is 14.2 Å². The predicted molar refractivity (Wildman–Crippen MR) is 137 cm³/mol. The summed E-state index contributed by atoms with van der Waals surface area (Å²) < 4.78 is 16.5. The van der Waals surface area contributed by atoms with Crippen molar-refractivity contribution in [1.29, 1.82) is 5.26 Å². The van der Waals surface area contributed by atoms with E-state index in [9.17, 15) is 24.3 Å². The van der Waals surface area contributed by atoms with Crippen LogP contribution in [0.2, 0.25) is 0 Å². The number of benzene rings is 2. The average Bonchev–Trinajstić information content (AvgIpc) is 3.40. The summed E-state index contributed by atoms with van der Waals surface area (Å²) in [4.78, 5) is 33.7. The number of aromatic nitrogens is 4. The number of hydrogen-bond donors (Lipinski definition) is 2. The minimum Gasteiger partial charge on any atom is -0.481 e. The molecule has 0 saturated carbocycles. The molecule has 2 atom stereocenters. The number of hydrogen-bond acceptors (Lipinski definition) is 4. The minimum absolute atomic E-state index is 0.0950. The number of nitrogens with one attached hydrogen (secondary N) is 1. The fraction of sp³-hybridized carbons (Fsp3) is 0.214. The van der Waals surface area contributed by atoms with Crippen molar-refractivity contribution in [1.82, 2.24) is 19.1 Å². The lowest BCUT2D eigenvalue weighted by molar-refractivity contribution is -0.137. The molecule has 3 aromatic heterocycles. The first kappa shape index (κ1) is 24.0. The molecule has 0 fully saturated rings. The van der Waals surface area contributed by atoms with Crippen LogP contribution in [0.3, 0.4) is 0 Å². The first-order valence-electron chi connectivity index (χ1n) is 11.8. The van der Waals surface area contributed by atoms with Crippen LogP contribution in [0.5, 0.6) is 0 Å². The van der Waals surface area contributed by atoms with E-state index in [1.54, 1.807) is 10.6 Å². The number of rotatable bonds is 6. The van der Waals surface area contributed by atoms with Gasteiger partial charge >= 0.3 is 11.7 Å². The number of carboxylic acids is 1. The quantitative estimate of drug-likeness (QED) is 0.343. The molecule has 8 nitrogen and oxygen atoms in total. The molecule has 0 amide bonds. The number of fused-ring (bicyclic) bond motifs is 2. The zero-order valence-electron chi connectivity index (χ0n) is 20.5. The first-order valence-corrected chi connectivity index (χ1v) is 11.8. The van der Waals surface area contributed by atoms with E-state index in [0.29, 0.717) is 11.1 Å². The molecule has 1 unspecified atom stereocenters. The summed E-state index contributed by atoms with van der Waals surface area (Å²) in [6, 6.07) is 13.3. The van der Waals surface area contributed by atoms with Gasteiger partial charge in [-0.15, -0.1) is 0 Å². The summed E-state index contributed by atoms with van der Waals surface area (Å²) >= 11 is 0. The summed E-state index contributed by atoms with van der Waals surface area (Å²) in [5.41, 5.74) is 4.76. The predicted octanol–water partition coefficient (Wildman–Crippen LogP) is 4.98. The molecular weight excluding hydrogens is 473 g/mol. The molecule has 186 valence electrons. The van der Waals surface area contributed by atoms with Crippen molar-refractivity contribution in [3.63, 3.8) is 0 Å². The number of carboxylic acid groups (broad SMARTS) is 1. The van der Waals surface area contributed by atoms with Gasteiger partial charge < -0.3 is 10.1 Å². The summed E-state index contributed by atoms with van der Waals surface area (Å²) in [7, 11) is 0. The van der Waals surface area contributed by atoms with Gasteiger partial charge in [0, 0.05) is 22.7 Å². The van der Waals surface area contributed by atoms with E-state index >= 15 is 0 Å². The highest BCUT2D eigenvalue weighted by Crippen LogP contribution is 2.33. The number of nitriles is 1. The molecule has 9 heteroatoms. The van der Waals surface area contributed by atoms with Crippen LogP contribution in [0.25, 0.3) is 22.1 Å². The molecule has 2 N–H and O–H groups in total. The van der Waals surface area contributed by atoms with Gasteiger partial charge in [0.05, 0.1) is 24.0 Å². The van der Waals surface area contributed by atoms with Crippen LogP contribution in [0, 0.1) is 31.0 Å². The molecule has 0 saturated heterocycles. The molecule has 0 aliphatic carbocycles. The Morgan fingerprint density at radius 2 is 1.89 bits per heavy atom. The van der Waals surface area contributed by atoms with E-state index in [4.69, 9.17) is 0 Å². The molecule has 37 heavy (non-hydrogen) atoms. The zero-order chi connectivity index (χ0) is 26.4. The number of carbonyl (C=O) groups is 1. The SMILES string of the molecule is Cc1cc(C)c2c(C(C)n3c(=O)n([C@H](CC(=O)O)c4ccc(F)cc4)c4nc(C#N)ccc43)c[nH]c2c1. The Kier molecular flexibility index (Phi) is 5.88. The first-order chi connectivity index (χ1) is 17.7. The van der Waals surface area contributed by atoms with Crippen molar-refractivity contribution in [2.24, 2.45) is 0 Å². The lowest BCUT2D eigenvalue weighted by atomic mass is 10.0. The maximum Gasteiger partial charge on any atom is 0.331 e. The van der Waals surface area contributed by atoms with Gasteiger partial charge in [0.15, 0.2) is 5.65 Å². The molecule has 2 aromatic carbocycles. The van der Waals surface area contributed by atoms with Gasteiger partial charge in [-0.2, -0.15) is 5.26 Å². The van der Waals surface area contributed by atoms with Crippen LogP contribution in [-0.2, 0) is 4.79 Å². The molecule has 5 rings (SSSR count). The highest BCUT2D eigenvalue weighted by molar-refractivity contribution is 5.88. The van der Waals surface area contributed by atoms with Gasteiger partial charge in [-0.1, -0.05) is 18.2 Å². The molecular formula is C28H24FN5O3. The van der Waals surface area contributed by atoms with Gasteiger partial charge in [0.1, 0.15) is 17.6 Å². The Morgan fingerprint density at radius 3 is 2.57 bits per heavy atom. The third kappa shape index (κ3) is 4.06. The Hall–Kier alpha value is -4.71. The van der Waals surface area contributed by atoms with Crippen LogP contribution >= 0.6 is 0 Å². The van der Waals surface area contributed by atoms with E-state index in [1.807, 2.05) is 39.1 Å². The average molecular weight is 498 g/mol. The third-order valence-corrected chi connectivity index (χ3v) is 6.79. The number of aryl methyl sites for hydroxylation is 2. The number of H-pyrrole nitrogens is 1. The number of nitrogens with zero attached hydrogens (tertiary/aromatic N) is 4. The van der Waals surface area contributed by atoms with E-state index in [-0.39, 0.29) is 11.3 Å². The largest absolute Gasteiger partial charge is 0.481 e. The monoisotopic (exact) mass is 497 g/mol. The summed E-state index contributed by atoms with van der Waals surface area (Å²) in [6.07, 6.45) is 1.45. The molecule has 0 aliphatic rings. The molecule has 3 heterocycles. The highest BCUT2D eigenvalue weighted by Gasteiger charge is 2.28. The van der Waals surface area contributed by atoms with Gasteiger partial charge in [0.25, 0.3) is 0 Å². The van der Waals surface area contributed by atoms with Crippen molar-refractivity contribution in [3.05, 3.63) is 99.0 Å². The Bertz CT molecular complexity index is 1770. The molecule has 0 aliphatic heterocycles. The molecule has 0 bridgehead atoms. The van der Waals surface area contributed by atoms with Crippen molar-refractivity contribution in [2.75, 3.05) is 0 Å². The topological polar surface area (TPSA) is 117 Å². The number of imidazole rings is 1. The van der Waals surface area contributed by atoms with Crippen molar-refractivity contribution >= 4 is 28.0 Å². The minimum atomic E-state index is -1.13. The zero-order valence-corrected chi connectivity index (χ0v) is 20.5. The van der Waals surface area contributed by atoms with Gasteiger partial charge in [-0.05, 0) is 67.8 Å². The maximum atomic E-state index is 14.1. The summed E-state index contributed by atoms with van der Waals surface area (Å²) in [5.74, 6) is -1.61. The lowest BCUT2D eigenvalue weighted by Gasteiger charge is -2.18. The van der Waals surface area contributed by atoms with Crippen LogP contribution in [0.4, 0.5) is 4.39 Å². The number of pyridine rings is 1. The van der Waals surface area contributed by atoms with Crippen LogP contribution < -0.4 is 5.69 Å². The second kappa shape index (κ2) is 9.06. The third-order valence-electron chi connectivity index (χ3n) is 6.79. The van der Waals surface area contributed by atoms with E-state index < -0.39 is 36.0 Å². The number of aliphatic carboxylic acids is 1. The Labute approximate surface area is 211 Å². The second-order valence-electron chi connectivity index (χ2n) is 9.26. The van der Waals surface area contributed by atoms with Gasteiger partial charge in [-0.3, -0.25) is 13.9 Å². The van der Waals surface area contributed by atoms with Crippen LogP contribution in [0.1, 0.15) is 53.4 Å². The fourth-order valence-corrected chi connectivity index (χ4v) is 5.20. The fourth-order valence-electron chi connectivity index (χ4n) is 5.20. The van der Waals surface area contributed by atoms with Crippen LogP contribution in [0.15, 0.2) is 59.5 Å². The Morgan fingerprint density at radius 1 is 1.16 bits per heavy atom. The lowest BCUT2D eigenvalue weighted by Crippen LogP contribution is -2.31. The second-order valence-corrected chi connectivity index (χ2v) is 9.26. The van der Waals surface area contributed by atoms with Gasteiger partial charge in [0.2, 0.25) is 0 Å². The van der Waals surface area contributed by atoms with E-state index in [0.717, 1.165) is 27.6 Å². The van der Waals surface area contributed by atoms with Crippen LogP contribution in [-0.4, -0.2) is 30.2 Å². The summed E-state index contributed by atoms with van der Waals surface area (Å²) in [6.45, 7) is 5.93. The van der Waals surface area contributed by atoms with E-state index in [1.165, 1.54) is 34.9 Å². The molecule has 5 aromatic rings. The number of aromatic amines is 1. The number of halogens is 1. The van der Waals surface area contributed by atoms with E-state index in [2.05, 4.69) is 16.0 Å².